The summed E-state index contributed by atoms with van der Waals surface area (Å²) in [6.45, 7) is 7.06. The zero-order valence-corrected chi connectivity index (χ0v) is 22.9. The predicted octanol–water partition coefficient (Wildman–Crippen LogP) is 9.43. The quantitative estimate of drug-likeness (QED) is 0.151. The average molecular weight is 477 g/mol. The molecule has 0 aliphatic carbocycles. The first-order valence-corrected chi connectivity index (χ1v) is 14.7. The number of rotatable bonds is 24. The Labute approximate surface area is 212 Å². The molecule has 0 aliphatic heterocycles. The Morgan fingerprint density at radius 3 is 1.71 bits per heavy atom. The van der Waals surface area contributed by atoms with Gasteiger partial charge in [-0.05, 0) is 50.3 Å². The molecule has 1 atom stereocenters. The van der Waals surface area contributed by atoms with Crippen LogP contribution < -0.4 is 9.47 Å². The molecule has 34 heavy (non-hydrogen) atoms. The molecular formula is C31H56O3. The summed E-state index contributed by atoms with van der Waals surface area (Å²) in [6, 6.07) is 6.29. The van der Waals surface area contributed by atoms with Crippen LogP contribution in [0.25, 0.3) is 0 Å². The number of hydrogen-bond acceptors (Lipinski definition) is 3. The van der Waals surface area contributed by atoms with Gasteiger partial charge in [0.2, 0.25) is 0 Å². The molecule has 1 aromatic rings. The summed E-state index contributed by atoms with van der Waals surface area (Å²) in [5.41, 5.74) is 1.28. The minimum atomic E-state index is 0.0348. The van der Waals surface area contributed by atoms with Crippen LogP contribution in [0.3, 0.4) is 0 Å². The Hall–Kier alpha value is -1.22. The number of benzene rings is 1. The molecule has 1 rings (SSSR count). The first-order chi connectivity index (χ1) is 16.7. The Kier molecular flexibility index (Phi) is 20.2. The molecule has 0 amide bonds. The second kappa shape index (κ2) is 22.3. The third-order valence-electron chi connectivity index (χ3n) is 6.67. The van der Waals surface area contributed by atoms with Crippen LogP contribution in [0.2, 0.25) is 0 Å². The molecule has 0 saturated carbocycles. The van der Waals surface area contributed by atoms with Crippen molar-refractivity contribution in [2.24, 2.45) is 0 Å². The van der Waals surface area contributed by atoms with Crippen molar-refractivity contribution in [1.82, 2.24) is 0 Å². The van der Waals surface area contributed by atoms with E-state index in [1.807, 2.05) is 6.07 Å². The van der Waals surface area contributed by atoms with Gasteiger partial charge in [-0.2, -0.15) is 0 Å². The van der Waals surface area contributed by atoms with Crippen molar-refractivity contribution in [3.63, 3.8) is 0 Å². The van der Waals surface area contributed by atoms with Crippen molar-refractivity contribution in [2.75, 3.05) is 13.2 Å². The van der Waals surface area contributed by atoms with Gasteiger partial charge in [0.1, 0.15) is 18.1 Å². The monoisotopic (exact) mass is 476 g/mol. The van der Waals surface area contributed by atoms with Crippen molar-refractivity contribution < 1.29 is 14.6 Å². The SMILES string of the molecule is CCCCCCCCCCCCCCCc1cc(OCCO)cc(OC(C)CCCCCC)c1. The van der Waals surface area contributed by atoms with Crippen LogP contribution in [0.5, 0.6) is 11.5 Å². The van der Waals surface area contributed by atoms with Crippen molar-refractivity contribution in [2.45, 2.75) is 149 Å². The summed E-state index contributed by atoms with van der Waals surface area (Å²) in [7, 11) is 0. The lowest BCUT2D eigenvalue weighted by Gasteiger charge is -2.17. The van der Waals surface area contributed by atoms with E-state index in [2.05, 4.69) is 32.9 Å². The standard InChI is InChI=1S/C31H56O3/c1-4-6-8-10-11-12-13-14-15-16-17-18-20-22-29-25-30(33-24-23-32)27-31(26-29)34-28(3)21-19-9-7-5-2/h25-28,32H,4-24H2,1-3H3. The molecule has 1 N–H and O–H groups in total. The van der Waals surface area contributed by atoms with E-state index in [1.165, 1.54) is 115 Å². The lowest BCUT2D eigenvalue weighted by Crippen LogP contribution is -2.12. The number of hydrogen-bond donors (Lipinski definition) is 1. The molecule has 198 valence electrons. The highest BCUT2D eigenvalue weighted by atomic mass is 16.5. The summed E-state index contributed by atoms with van der Waals surface area (Å²) >= 11 is 0. The van der Waals surface area contributed by atoms with Gasteiger partial charge in [-0.15, -0.1) is 0 Å². The van der Waals surface area contributed by atoms with Crippen molar-refractivity contribution >= 4 is 0 Å². The van der Waals surface area contributed by atoms with E-state index < -0.39 is 0 Å². The molecule has 0 aromatic heterocycles. The second-order valence-corrected chi connectivity index (χ2v) is 10.2. The average Bonchev–Trinajstić information content (AvgIpc) is 2.83. The molecule has 3 nitrogen and oxygen atoms in total. The van der Waals surface area contributed by atoms with Crippen molar-refractivity contribution in [3.05, 3.63) is 23.8 Å². The lowest BCUT2D eigenvalue weighted by molar-refractivity contribution is 0.194. The van der Waals surface area contributed by atoms with Crippen LogP contribution in [-0.2, 0) is 6.42 Å². The van der Waals surface area contributed by atoms with Crippen LogP contribution in [-0.4, -0.2) is 24.4 Å². The Balaban J connectivity index is 2.27. The van der Waals surface area contributed by atoms with Gasteiger partial charge in [0, 0.05) is 6.07 Å². The maximum absolute atomic E-state index is 9.13. The van der Waals surface area contributed by atoms with Crippen LogP contribution >= 0.6 is 0 Å². The number of aryl methyl sites for hydroxylation is 1. The fourth-order valence-corrected chi connectivity index (χ4v) is 4.59. The first-order valence-electron chi connectivity index (χ1n) is 14.7. The summed E-state index contributed by atoms with van der Waals surface area (Å²) in [5, 5.41) is 9.13. The number of aliphatic hydroxyl groups excluding tert-OH is 1. The Morgan fingerprint density at radius 1 is 0.647 bits per heavy atom. The number of unbranched alkanes of at least 4 members (excludes halogenated alkanes) is 15. The fraction of sp³-hybridized carbons (Fsp3) is 0.806. The van der Waals surface area contributed by atoms with Gasteiger partial charge < -0.3 is 14.6 Å². The normalized spacial score (nSPS) is 12.1. The highest BCUT2D eigenvalue weighted by Gasteiger charge is 2.08. The van der Waals surface area contributed by atoms with Gasteiger partial charge in [-0.25, -0.2) is 0 Å². The minimum Gasteiger partial charge on any atom is -0.491 e. The Bertz CT molecular complexity index is 572. The summed E-state index contributed by atoms with van der Waals surface area (Å²) in [5.74, 6) is 1.72. The Morgan fingerprint density at radius 2 is 1.15 bits per heavy atom. The molecule has 0 saturated heterocycles. The summed E-state index contributed by atoms with van der Waals surface area (Å²) < 4.78 is 12.0. The summed E-state index contributed by atoms with van der Waals surface area (Å²) in [4.78, 5) is 0. The topological polar surface area (TPSA) is 38.7 Å². The van der Waals surface area contributed by atoms with Crippen LogP contribution in [0.15, 0.2) is 18.2 Å². The molecule has 1 unspecified atom stereocenters. The van der Waals surface area contributed by atoms with E-state index in [-0.39, 0.29) is 12.7 Å². The maximum Gasteiger partial charge on any atom is 0.123 e. The van der Waals surface area contributed by atoms with Gasteiger partial charge in [0.25, 0.3) is 0 Å². The van der Waals surface area contributed by atoms with E-state index in [1.54, 1.807) is 0 Å². The molecule has 0 aliphatic rings. The van der Waals surface area contributed by atoms with Gasteiger partial charge >= 0.3 is 0 Å². The molecule has 0 radical (unpaired) electrons. The molecule has 0 spiro atoms. The molecular weight excluding hydrogens is 420 g/mol. The van der Waals surface area contributed by atoms with Gasteiger partial charge in [-0.1, -0.05) is 110 Å². The van der Waals surface area contributed by atoms with Gasteiger partial charge in [0.05, 0.1) is 12.7 Å². The van der Waals surface area contributed by atoms with Crippen LogP contribution in [0.1, 0.15) is 142 Å². The highest BCUT2D eigenvalue weighted by molar-refractivity contribution is 5.38. The molecule has 0 fully saturated rings. The third-order valence-corrected chi connectivity index (χ3v) is 6.67. The van der Waals surface area contributed by atoms with Crippen molar-refractivity contribution in [3.8, 4) is 11.5 Å². The van der Waals surface area contributed by atoms with Crippen LogP contribution in [0, 0.1) is 0 Å². The fourth-order valence-electron chi connectivity index (χ4n) is 4.59. The zero-order chi connectivity index (χ0) is 24.7. The zero-order valence-electron chi connectivity index (χ0n) is 22.9. The number of aliphatic hydroxyl groups is 1. The molecule has 0 heterocycles. The lowest BCUT2D eigenvalue weighted by atomic mass is 10.0. The molecule has 3 heteroatoms. The van der Waals surface area contributed by atoms with E-state index >= 15 is 0 Å². The number of ether oxygens (including phenoxy) is 2. The van der Waals surface area contributed by atoms with E-state index in [0.29, 0.717) is 6.61 Å². The molecule has 1 aromatic carbocycles. The smallest absolute Gasteiger partial charge is 0.123 e. The third kappa shape index (κ3) is 17.2. The van der Waals surface area contributed by atoms with E-state index in [0.717, 1.165) is 24.3 Å². The van der Waals surface area contributed by atoms with E-state index in [4.69, 9.17) is 14.6 Å². The predicted molar refractivity (Wildman–Crippen MR) is 147 cm³/mol. The maximum atomic E-state index is 9.13. The van der Waals surface area contributed by atoms with Crippen molar-refractivity contribution in [1.29, 1.82) is 0 Å². The summed E-state index contributed by atoms with van der Waals surface area (Å²) in [6.07, 6.45) is 25.4. The second-order valence-electron chi connectivity index (χ2n) is 10.2. The molecule has 0 bridgehead atoms. The van der Waals surface area contributed by atoms with Gasteiger partial charge in [0.15, 0.2) is 0 Å². The van der Waals surface area contributed by atoms with Gasteiger partial charge in [-0.3, -0.25) is 0 Å². The first kappa shape index (κ1) is 30.8. The minimum absolute atomic E-state index is 0.0348. The highest BCUT2D eigenvalue weighted by Crippen LogP contribution is 2.26. The van der Waals surface area contributed by atoms with E-state index in [9.17, 15) is 0 Å². The largest absolute Gasteiger partial charge is 0.491 e. The van der Waals surface area contributed by atoms with Crippen LogP contribution in [0.4, 0.5) is 0 Å².